The Labute approximate surface area is 159 Å². The van der Waals surface area contributed by atoms with E-state index in [1.165, 1.54) is 23.6 Å². The number of hydrogen-bond acceptors (Lipinski definition) is 7. The largest absolute Gasteiger partial charge is 0.410 e. The maximum Gasteiger partial charge on any atom is 0.276 e. The number of nitrogens with zero attached hydrogens (tertiary/aromatic N) is 3. The monoisotopic (exact) mass is 407 g/mol. The lowest BCUT2D eigenvalue weighted by atomic mass is 10.1. The van der Waals surface area contributed by atoms with Crippen LogP contribution in [0.2, 0.25) is 0 Å². The number of thiazole rings is 1. The topological polar surface area (TPSA) is 131 Å². The summed E-state index contributed by atoms with van der Waals surface area (Å²) >= 11 is 1.17. The summed E-state index contributed by atoms with van der Waals surface area (Å²) in [6.45, 7) is 0.0770. The Bertz CT molecular complexity index is 1040. The van der Waals surface area contributed by atoms with Gasteiger partial charge in [-0.25, -0.2) is 14.2 Å². The molecule has 0 saturated carbocycles. The number of nitrogens with one attached hydrogen (secondary N) is 1. The van der Waals surface area contributed by atoms with Gasteiger partial charge < -0.3 is 10.5 Å². The molecule has 0 aliphatic heterocycles. The Morgan fingerprint density at radius 2 is 2.11 bits per heavy atom. The number of aromatic nitrogens is 2. The average molecular weight is 407 g/mol. The molecule has 1 unspecified atom stereocenters. The Kier molecular flexibility index (Phi) is 5.84. The van der Waals surface area contributed by atoms with Crippen molar-refractivity contribution in [2.75, 3.05) is 12.3 Å². The van der Waals surface area contributed by atoms with Crippen LogP contribution in [0.15, 0.2) is 41.7 Å². The third-order valence-electron chi connectivity index (χ3n) is 3.56. The van der Waals surface area contributed by atoms with Crippen LogP contribution in [0.5, 0.6) is 0 Å². The first-order valence-electron chi connectivity index (χ1n) is 7.64. The first kappa shape index (κ1) is 19.0. The van der Waals surface area contributed by atoms with Crippen molar-refractivity contribution in [2.45, 2.75) is 0 Å². The number of fused-ring (bicyclic) bond motifs is 1. The van der Waals surface area contributed by atoms with Crippen LogP contribution in [0, 0.1) is 5.95 Å². The molecule has 0 radical (unpaired) electrons. The Morgan fingerprint density at radius 3 is 2.78 bits per heavy atom. The molecule has 8 nitrogen and oxygen atoms in total. The second-order valence-corrected chi connectivity index (χ2v) is 7.56. The molecule has 11 heteroatoms. The summed E-state index contributed by atoms with van der Waals surface area (Å²) in [7, 11) is -1.54. The minimum absolute atomic E-state index is 0.0770. The van der Waals surface area contributed by atoms with Gasteiger partial charge in [-0.15, -0.1) is 11.3 Å². The standard InChI is InChI=1S/C16H14FN5O3S2/c17-13-4-2-10(8-20-13)9-1-3-11-12(7-9)26-16(21-11)14(22-24)15(23)19-5-6-27(18)25/h1-4,7-8,24H,5-6,18H2,(H,19,23)/b22-14-. The van der Waals surface area contributed by atoms with E-state index in [0.717, 1.165) is 15.8 Å². The number of nitrogens with two attached hydrogens (primary N) is 1. The number of benzene rings is 1. The summed E-state index contributed by atoms with van der Waals surface area (Å²) in [5, 5.41) is 20.1. The number of amides is 1. The molecule has 3 aromatic rings. The maximum atomic E-state index is 13.0. The summed E-state index contributed by atoms with van der Waals surface area (Å²) in [4.78, 5) is 20.1. The Morgan fingerprint density at radius 1 is 1.33 bits per heavy atom. The van der Waals surface area contributed by atoms with E-state index < -0.39 is 22.8 Å². The van der Waals surface area contributed by atoms with Gasteiger partial charge in [-0.2, -0.15) is 4.39 Å². The fourth-order valence-corrected chi connectivity index (χ4v) is 3.58. The molecule has 0 fully saturated rings. The lowest BCUT2D eigenvalue weighted by molar-refractivity contribution is -0.114. The molecule has 3 rings (SSSR count). The van der Waals surface area contributed by atoms with Crippen molar-refractivity contribution in [3.63, 3.8) is 0 Å². The van der Waals surface area contributed by atoms with Crippen LogP contribution in [-0.4, -0.2) is 43.3 Å². The molecule has 0 saturated heterocycles. The van der Waals surface area contributed by atoms with Crippen LogP contribution in [-0.2, 0) is 15.8 Å². The summed E-state index contributed by atoms with van der Waals surface area (Å²) in [6.07, 6.45) is 1.42. The van der Waals surface area contributed by atoms with Crippen molar-refractivity contribution in [1.29, 1.82) is 0 Å². The highest BCUT2D eigenvalue weighted by molar-refractivity contribution is 7.82. The maximum absolute atomic E-state index is 13.0. The van der Waals surface area contributed by atoms with Crippen molar-refractivity contribution in [1.82, 2.24) is 15.3 Å². The number of carbonyl (C=O) groups excluding carboxylic acids is 1. The van der Waals surface area contributed by atoms with Gasteiger partial charge in [-0.3, -0.25) is 9.93 Å². The van der Waals surface area contributed by atoms with Gasteiger partial charge >= 0.3 is 0 Å². The third-order valence-corrected chi connectivity index (χ3v) is 5.19. The first-order valence-corrected chi connectivity index (χ1v) is 9.83. The van der Waals surface area contributed by atoms with Crippen LogP contribution in [0.3, 0.4) is 0 Å². The second kappa shape index (κ2) is 8.29. The van der Waals surface area contributed by atoms with Gasteiger partial charge in [0.15, 0.2) is 5.01 Å². The summed E-state index contributed by atoms with van der Waals surface area (Å²) in [6, 6.07) is 8.26. The van der Waals surface area contributed by atoms with Crippen LogP contribution < -0.4 is 10.5 Å². The molecule has 2 heterocycles. The smallest absolute Gasteiger partial charge is 0.276 e. The lowest BCUT2D eigenvalue weighted by Gasteiger charge is -2.03. The highest BCUT2D eigenvalue weighted by Gasteiger charge is 2.19. The molecule has 1 amide bonds. The van der Waals surface area contributed by atoms with E-state index >= 15 is 0 Å². The molecule has 4 N–H and O–H groups in total. The number of carbonyl (C=O) groups is 1. The zero-order valence-electron chi connectivity index (χ0n) is 13.8. The summed E-state index contributed by atoms with van der Waals surface area (Å²) < 4.78 is 24.6. The zero-order chi connectivity index (χ0) is 19.4. The highest BCUT2D eigenvalue weighted by Crippen LogP contribution is 2.28. The van der Waals surface area contributed by atoms with E-state index in [-0.39, 0.29) is 23.0 Å². The fourth-order valence-electron chi connectivity index (χ4n) is 2.29. The fraction of sp³-hybridized carbons (Fsp3) is 0.125. The summed E-state index contributed by atoms with van der Waals surface area (Å²) in [5.74, 6) is -1.13. The van der Waals surface area contributed by atoms with Gasteiger partial charge in [0, 0.05) is 18.3 Å². The Hall–Kier alpha value is -2.76. The molecule has 140 valence electrons. The van der Waals surface area contributed by atoms with Crippen molar-refractivity contribution < 1.29 is 18.6 Å². The summed E-state index contributed by atoms with van der Waals surface area (Å²) in [5.41, 5.74) is 1.91. The predicted molar refractivity (Wildman–Crippen MR) is 101 cm³/mol. The second-order valence-electron chi connectivity index (χ2n) is 5.36. The first-order chi connectivity index (χ1) is 13.0. The van der Waals surface area contributed by atoms with Gasteiger partial charge in [0.1, 0.15) is 0 Å². The van der Waals surface area contributed by atoms with Crippen LogP contribution >= 0.6 is 11.3 Å². The van der Waals surface area contributed by atoms with Crippen LogP contribution in [0.25, 0.3) is 21.3 Å². The molecule has 27 heavy (non-hydrogen) atoms. The number of rotatable bonds is 6. The van der Waals surface area contributed by atoms with E-state index in [9.17, 15) is 18.6 Å². The van der Waals surface area contributed by atoms with Gasteiger partial charge in [0.2, 0.25) is 11.7 Å². The average Bonchev–Trinajstić information content (AvgIpc) is 3.05. The van der Waals surface area contributed by atoms with Gasteiger partial charge in [0.25, 0.3) is 5.91 Å². The minimum atomic E-state index is -1.54. The van der Waals surface area contributed by atoms with Crippen LogP contribution in [0.4, 0.5) is 4.39 Å². The van der Waals surface area contributed by atoms with Crippen molar-refractivity contribution in [2.24, 2.45) is 10.3 Å². The molecular weight excluding hydrogens is 393 g/mol. The van der Waals surface area contributed by atoms with E-state index in [2.05, 4.69) is 20.4 Å². The number of pyridine rings is 1. The molecular formula is C16H14FN5O3S2. The van der Waals surface area contributed by atoms with Gasteiger partial charge in [-0.1, -0.05) is 11.2 Å². The molecule has 0 spiro atoms. The van der Waals surface area contributed by atoms with E-state index in [1.807, 2.05) is 6.07 Å². The predicted octanol–water partition coefficient (Wildman–Crippen LogP) is 1.41. The number of oxime groups is 1. The highest BCUT2D eigenvalue weighted by atomic mass is 32.2. The number of halogens is 1. The van der Waals surface area contributed by atoms with E-state index in [0.29, 0.717) is 5.52 Å². The van der Waals surface area contributed by atoms with Crippen LogP contribution in [0.1, 0.15) is 5.01 Å². The van der Waals surface area contributed by atoms with E-state index in [4.69, 9.17) is 5.14 Å². The SMILES string of the molecule is NS(=O)CCNC(=O)/C(=N/O)c1nc2ccc(-c3ccc(F)nc3)cc2s1. The molecule has 1 atom stereocenters. The Balaban J connectivity index is 1.85. The molecule has 0 aliphatic carbocycles. The number of hydrogen-bond donors (Lipinski definition) is 3. The van der Waals surface area contributed by atoms with Crippen molar-refractivity contribution in [3.8, 4) is 11.1 Å². The van der Waals surface area contributed by atoms with E-state index in [1.54, 1.807) is 18.2 Å². The third kappa shape index (κ3) is 4.51. The molecule has 0 aliphatic rings. The lowest BCUT2D eigenvalue weighted by Crippen LogP contribution is -2.35. The zero-order valence-corrected chi connectivity index (χ0v) is 15.4. The minimum Gasteiger partial charge on any atom is -0.410 e. The molecule has 1 aromatic carbocycles. The van der Waals surface area contributed by atoms with Crippen molar-refractivity contribution in [3.05, 3.63) is 47.5 Å². The van der Waals surface area contributed by atoms with Gasteiger partial charge in [-0.05, 0) is 29.8 Å². The quantitative estimate of drug-likeness (QED) is 0.246. The normalized spacial score (nSPS) is 12.9. The molecule has 0 bridgehead atoms. The van der Waals surface area contributed by atoms with Crippen molar-refractivity contribution >= 4 is 44.2 Å². The van der Waals surface area contributed by atoms with Gasteiger partial charge in [0.05, 0.1) is 27.0 Å². The molecule has 2 aromatic heterocycles.